The molecule has 0 unspecified atom stereocenters. The fourth-order valence-electron chi connectivity index (χ4n) is 2.63. The second-order valence-electron chi connectivity index (χ2n) is 6.68. The van der Waals surface area contributed by atoms with E-state index in [0.717, 1.165) is 11.1 Å². The number of carbonyl (C=O) groups excluding carboxylic acids is 2. The van der Waals surface area contributed by atoms with Crippen molar-refractivity contribution in [2.75, 3.05) is 26.0 Å². The van der Waals surface area contributed by atoms with E-state index in [1.165, 1.54) is 49.4 Å². The Morgan fingerprint density at radius 1 is 1.13 bits per heavy atom. The molecule has 0 radical (unpaired) electrons. The lowest BCUT2D eigenvalue weighted by Gasteiger charge is -2.16. The molecule has 2 rings (SSSR count). The van der Waals surface area contributed by atoms with Crippen molar-refractivity contribution in [2.24, 2.45) is 0 Å². The van der Waals surface area contributed by atoms with Crippen molar-refractivity contribution >= 4 is 23.6 Å². The van der Waals surface area contributed by atoms with Gasteiger partial charge >= 0.3 is 6.61 Å². The molecule has 0 heterocycles. The fourth-order valence-corrected chi connectivity index (χ4v) is 2.63. The Labute approximate surface area is 174 Å². The highest BCUT2D eigenvalue weighted by Gasteiger charge is 2.13. The third-order valence-electron chi connectivity index (χ3n) is 4.25. The van der Waals surface area contributed by atoms with Gasteiger partial charge in [-0.3, -0.25) is 9.59 Å². The quantitative estimate of drug-likeness (QED) is 0.658. The van der Waals surface area contributed by atoms with Crippen LogP contribution in [0.4, 0.5) is 14.5 Å². The molecule has 0 aliphatic carbocycles. The highest BCUT2D eigenvalue weighted by atomic mass is 19.3. The molecule has 0 fully saturated rings. The number of methoxy groups -OCH3 is 1. The zero-order valence-corrected chi connectivity index (χ0v) is 17.2. The number of alkyl halides is 2. The van der Waals surface area contributed by atoms with Crippen molar-refractivity contribution in [2.45, 2.75) is 20.5 Å². The van der Waals surface area contributed by atoms with Gasteiger partial charge in [0.15, 0.2) is 11.5 Å². The summed E-state index contributed by atoms with van der Waals surface area (Å²) in [6.07, 6.45) is 2.78. The van der Waals surface area contributed by atoms with Gasteiger partial charge in [0.2, 0.25) is 11.8 Å². The van der Waals surface area contributed by atoms with Crippen LogP contribution in [0.2, 0.25) is 0 Å². The Morgan fingerprint density at radius 2 is 1.87 bits per heavy atom. The van der Waals surface area contributed by atoms with Gasteiger partial charge in [0.25, 0.3) is 0 Å². The van der Waals surface area contributed by atoms with Crippen LogP contribution in [0.15, 0.2) is 42.5 Å². The zero-order chi connectivity index (χ0) is 22.3. The van der Waals surface area contributed by atoms with Gasteiger partial charge in [-0.2, -0.15) is 8.78 Å². The molecule has 2 aromatic rings. The van der Waals surface area contributed by atoms with E-state index < -0.39 is 12.5 Å². The summed E-state index contributed by atoms with van der Waals surface area (Å²) in [5.41, 5.74) is 3.20. The number of likely N-dealkylation sites (N-methyl/N-ethyl adjacent to an activating group) is 1. The number of anilines is 1. The van der Waals surface area contributed by atoms with Crippen LogP contribution < -0.4 is 14.8 Å². The maximum absolute atomic E-state index is 12.4. The average Bonchev–Trinajstić information content (AvgIpc) is 2.69. The molecule has 0 aliphatic heterocycles. The lowest BCUT2D eigenvalue weighted by Crippen LogP contribution is -2.34. The summed E-state index contributed by atoms with van der Waals surface area (Å²) in [5, 5.41) is 2.80. The summed E-state index contributed by atoms with van der Waals surface area (Å²) in [6.45, 7) is 0.723. The number of halogens is 2. The van der Waals surface area contributed by atoms with Crippen LogP contribution in [-0.2, 0) is 9.59 Å². The Hall–Kier alpha value is -3.42. The summed E-state index contributed by atoms with van der Waals surface area (Å²) in [6, 6.07) is 10.0. The van der Waals surface area contributed by atoms with Crippen LogP contribution in [-0.4, -0.2) is 44.0 Å². The standard InChI is InChI=1S/C22H24F2N2O4/c1-14-5-6-15(2)17(11-14)25-20(27)13-26(3)21(28)10-8-16-7-9-18(30-22(23)24)19(12-16)29-4/h5-12,22H,13H2,1-4H3,(H,25,27)/b10-8+. The Bertz CT molecular complexity index is 945. The van der Waals surface area contributed by atoms with Gasteiger partial charge in [0, 0.05) is 18.8 Å². The molecule has 6 nitrogen and oxygen atoms in total. The minimum Gasteiger partial charge on any atom is -0.493 e. The maximum atomic E-state index is 12.4. The molecule has 1 N–H and O–H groups in total. The molecule has 0 spiro atoms. The molecule has 2 aromatic carbocycles. The number of nitrogens with one attached hydrogen (secondary N) is 1. The first-order chi connectivity index (χ1) is 14.2. The number of aryl methyl sites for hydroxylation is 2. The average molecular weight is 418 g/mol. The number of hydrogen-bond acceptors (Lipinski definition) is 4. The Morgan fingerprint density at radius 3 is 2.53 bits per heavy atom. The molecule has 8 heteroatoms. The third-order valence-corrected chi connectivity index (χ3v) is 4.25. The second kappa shape index (κ2) is 10.4. The number of ether oxygens (including phenoxy) is 2. The summed E-state index contributed by atoms with van der Waals surface area (Å²) in [4.78, 5) is 25.8. The van der Waals surface area contributed by atoms with Crippen molar-refractivity contribution in [3.8, 4) is 11.5 Å². The van der Waals surface area contributed by atoms with E-state index in [1.807, 2.05) is 32.0 Å². The molecular weight excluding hydrogens is 394 g/mol. The van der Waals surface area contributed by atoms with Gasteiger partial charge in [-0.15, -0.1) is 0 Å². The van der Waals surface area contributed by atoms with E-state index in [2.05, 4.69) is 10.1 Å². The maximum Gasteiger partial charge on any atom is 0.387 e. The van der Waals surface area contributed by atoms with Crippen LogP contribution in [0.25, 0.3) is 6.08 Å². The monoisotopic (exact) mass is 418 g/mol. The number of benzene rings is 2. The minimum absolute atomic E-state index is 0.101. The van der Waals surface area contributed by atoms with Crippen LogP contribution >= 0.6 is 0 Å². The van der Waals surface area contributed by atoms with E-state index in [9.17, 15) is 18.4 Å². The minimum atomic E-state index is -2.97. The third kappa shape index (κ3) is 6.58. The normalized spacial score (nSPS) is 10.9. The Kier molecular flexibility index (Phi) is 7.91. The number of hydrogen-bond donors (Lipinski definition) is 1. The van der Waals surface area contributed by atoms with E-state index in [4.69, 9.17) is 4.74 Å². The Balaban J connectivity index is 1.98. The van der Waals surface area contributed by atoms with Gasteiger partial charge in [-0.05, 0) is 54.8 Å². The van der Waals surface area contributed by atoms with E-state index in [1.54, 1.807) is 0 Å². The molecule has 0 bridgehead atoms. The number of amides is 2. The molecule has 0 atom stereocenters. The topological polar surface area (TPSA) is 67.9 Å². The first kappa shape index (κ1) is 22.9. The van der Waals surface area contributed by atoms with Crippen LogP contribution in [0.1, 0.15) is 16.7 Å². The van der Waals surface area contributed by atoms with Crippen LogP contribution in [0.3, 0.4) is 0 Å². The molecule has 0 aromatic heterocycles. The van der Waals surface area contributed by atoms with Gasteiger partial charge in [-0.1, -0.05) is 18.2 Å². The van der Waals surface area contributed by atoms with Crippen LogP contribution in [0.5, 0.6) is 11.5 Å². The van der Waals surface area contributed by atoms with E-state index in [0.29, 0.717) is 11.3 Å². The largest absolute Gasteiger partial charge is 0.493 e. The fraction of sp³-hybridized carbons (Fsp3) is 0.273. The summed E-state index contributed by atoms with van der Waals surface area (Å²) in [5.74, 6) is -0.691. The molecule has 160 valence electrons. The molecule has 0 saturated heterocycles. The number of carbonyl (C=O) groups is 2. The summed E-state index contributed by atoms with van der Waals surface area (Å²) in [7, 11) is 2.84. The van der Waals surface area contributed by atoms with Crippen LogP contribution in [0, 0.1) is 13.8 Å². The summed E-state index contributed by atoms with van der Waals surface area (Å²) >= 11 is 0. The number of rotatable bonds is 8. The summed E-state index contributed by atoms with van der Waals surface area (Å²) < 4.78 is 34.2. The molecule has 0 aliphatic rings. The smallest absolute Gasteiger partial charge is 0.387 e. The van der Waals surface area contributed by atoms with Gasteiger partial charge in [-0.25, -0.2) is 0 Å². The highest BCUT2D eigenvalue weighted by molar-refractivity contribution is 5.98. The molecule has 30 heavy (non-hydrogen) atoms. The highest BCUT2D eigenvalue weighted by Crippen LogP contribution is 2.29. The molecular formula is C22H24F2N2O4. The van der Waals surface area contributed by atoms with Crippen molar-refractivity contribution < 1.29 is 27.8 Å². The molecule has 0 saturated carbocycles. The van der Waals surface area contributed by atoms with E-state index >= 15 is 0 Å². The van der Waals surface area contributed by atoms with Crippen molar-refractivity contribution in [3.63, 3.8) is 0 Å². The molecule has 2 amide bonds. The van der Waals surface area contributed by atoms with Crippen molar-refractivity contribution in [3.05, 3.63) is 59.2 Å². The van der Waals surface area contributed by atoms with Crippen molar-refractivity contribution in [1.82, 2.24) is 4.90 Å². The van der Waals surface area contributed by atoms with E-state index in [-0.39, 0.29) is 24.0 Å². The first-order valence-electron chi connectivity index (χ1n) is 9.12. The predicted molar refractivity (Wildman–Crippen MR) is 111 cm³/mol. The SMILES string of the molecule is COc1cc(/C=C/C(=O)N(C)CC(=O)Nc2cc(C)ccc2C)ccc1OC(F)F. The van der Waals surface area contributed by atoms with Crippen molar-refractivity contribution in [1.29, 1.82) is 0 Å². The lowest BCUT2D eigenvalue weighted by molar-refractivity contribution is -0.129. The van der Waals surface area contributed by atoms with Gasteiger partial charge in [0.05, 0.1) is 13.7 Å². The zero-order valence-electron chi connectivity index (χ0n) is 17.2. The second-order valence-corrected chi connectivity index (χ2v) is 6.68. The number of nitrogens with zero attached hydrogens (tertiary/aromatic N) is 1. The lowest BCUT2D eigenvalue weighted by atomic mass is 10.1. The van der Waals surface area contributed by atoms with Gasteiger partial charge in [0.1, 0.15) is 0 Å². The van der Waals surface area contributed by atoms with Gasteiger partial charge < -0.3 is 19.7 Å². The first-order valence-corrected chi connectivity index (χ1v) is 9.12. The predicted octanol–water partition coefficient (Wildman–Crippen LogP) is 4.02.